The normalized spacial score (nSPS) is 26.3. The van der Waals surface area contributed by atoms with E-state index < -0.39 is 29.7 Å². The van der Waals surface area contributed by atoms with Crippen molar-refractivity contribution < 1.29 is 29.0 Å². The minimum Gasteiger partial charge on any atom is -0.478 e. The first kappa shape index (κ1) is 27.1. The Hall–Kier alpha value is -2.13. The molecule has 4 atom stereocenters. The third-order valence-electron chi connectivity index (χ3n) is 5.93. The Bertz CT molecular complexity index is 717. The van der Waals surface area contributed by atoms with Gasteiger partial charge in [0.25, 0.3) is 0 Å². The van der Waals surface area contributed by atoms with E-state index in [1.165, 1.54) is 6.92 Å². The molecule has 2 aliphatic rings. The maximum Gasteiger partial charge on any atom is 0.407 e. The molecule has 188 valence electrons. The van der Waals surface area contributed by atoms with E-state index in [4.69, 9.17) is 9.47 Å². The summed E-state index contributed by atoms with van der Waals surface area (Å²) in [6.45, 7) is 11.8. The highest BCUT2D eigenvalue weighted by Crippen LogP contribution is 2.28. The molecule has 33 heavy (non-hydrogen) atoms. The molecular weight excluding hydrogens is 426 g/mol. The van der Waals surface area contributed by atoms with Crippen LogP contribution in [0.3, 0.4) is 0 Å². The maximum absolute atomic E-state index is 12.5. The third kappa shape index (κ3) is 8.97. The van der Waals surface area contributed by atoms with Crippen LogP contribution in [0, 0.1) is 5.92 Å². The Kier molecular flexibility index (Phi) is 10.2. The molecule has 9 nitrogen and oxygen atoms in total. The summed E-state index contributed by atoms with van der Waals surface area (Å²) in [5, 5.41) is 15.5. The van der Waals surface area contributed by atoms with Crippen LogP contribution < -0.4 is 10.6 Å². The molecule has 0 saturated carbocycles. The lowest BCUT2D eigenvalue weighted by Gasteiger charge is -2.45. The lowest BCUT2D eigenvalue weighted by molar-refractivity contribution is -0.133. The van der Waals surface area contributed by atoms with Crippen molar-refractivity contribution in [3.05, 3.63) is 11.6 Å². The van der Waals surface area contributed by atoms with Gasteiger partial charge in [0.1, 0.15) is 5.60 Å². The summed E-state index contributed by atoms with van der Waals surface area (Å²) in [6, 6.07) is -1.43. The molecule has 1 heterocycles. The molecule has 0 radical (unpaired) electrons. The second-order valence-corrected chi connectivity index (χ2v) is 10.1. The van der Waals surface area contributed by atoms with Crippen LogP contribution in [0.1, 0.15) is 66.7 Å². The lowest BCUT2D eigenvalue weighted by atomic mass is 9.84. The van der Waals surface area contributed by atoms with Gasteiger partial charge in [0.15, 0.2) is 0 Å². The summed E-state index contributed by atoms with van der Waals surface area (Å²) in [7, 11) is 0. The maximum atomic E-state index is 12.5. The van der Waals surface area contributed by atoms with E-state index in [0.717, 1.165) is 45.4 Å². The Labute approximate surface area is 197 Å². The SMILES string of the molecule is CCCCOC[C@H]1CCCN([C@@H]2C=C(C(=O)O)C[C@H](NC(=O)OC(C)(C)C)[C@@H]2NC(C)=O)C1. The minimum absolute atomic E-state index is 0.105. The van der Waals surface area contributed by atoms with Crippen molar-refractivity contribution in [3.63, 3.8) is 0 Å². The fraction of sp³-hybridized carbons (Fsp3) is 0.792. The van der Waals surface area contributed by atoms with E-state index in [1.54, 1.807) is 26.8 Å². The van der Waals surface area contributed by atoms with Crippen molar-refractivity contribution in [1.29, 1.82) is 0 Å². The molecule has 2 amide bonds. The fourth-order valence-electron chi connectivity index (χ4n) is 4.49. The van der Waals surface area contributed by atoms with Crippen LogP contribution in [-0.2, 0) is 19.1 Å². The average Bonchev–Trinajstić information content (AvgIpc) is 2.70. The number of carboxylic acid groups (broad SMARTS) is 1. The highest BCUT2D eigenvalue weighted by atomic mass is 16.6. The zero-order valence-corrected chi connectivity index (χ0v) is 20.7. The predicted octanol–water partition coefficient (Wildman–Crippen LogP) is 2.70. The molecule has 2 rings (SSSR count). The van der Waals surface area contributed by atoms with Gasteiger partial charge in [-0.3, -0.25) is 9.69 Å². The number of likely N-dealkylation sites (tertiary alicyclic amines) is 1. The number of hydrogen-bond acceptors (Lipinski definition) is 6. The van der Waals surface area contributed by atoms with E-state index in [2.05, 4.69) is 22.5 Å². The zero-order chi connectivity index (χ0) is 24.6. The first-order chi connectivity index (χ1) is 15.5. The number of hydrogen-bond donors (Lipinski definition) is 3. The number of carbonyl (C=O) groups excluding carboxylic acids is 2. The largest absolute Gasteiger partial charge is 0.478 e. The quantitative estimate of drug-likeness (QED) is 0.446. The Morgan fingerprint density at radius 2 is 1.97 bits per heavy atom. The van der Waals surface area contributed by atoms with Gasteiger partial charge in [-0.15, -0.1) is 0 Å². The van der Waals surface area contributed by atoms with Gasteiger partial charge in [-0.1, -0.05) is 19.4 Å². The number of rotatable bonds is 9. The Morgan fingerprint density at radius 1 is 1.24 bits per heavy atom. The zero-order valence-electron chi connectivity index (χ0n) is 20.7. The molecule has 0 bridgehead atoms. The van der Waals surface area contributed by atoms with Gasteiger partial charge in [-0.05, 0) is 52.5 Å². The molecule has 0 unspecified atom stereocenters. The van der Waals surface area contributed by atoms with Crippen LogP contribution in [0.4, 0.5) is 4.79 Å². The number of nitrogens with one attached hydrogen (secondary N) is 2. The van der Waals surface area contributed by atoms with Gasteiger partial charge in [0.05, 0.1) is 24.7 Å². The number of alkyl carbamates (subject to hydrolysis) is 1. The monoisotopic (exact) mass is 467 g/mol. The molecule has 0 aromatic carbocycles. The Balaban J connectivity index is 2.22. The number of carbonyl (C=O) groups is 3. The molecule has 1 saturated heterocycles. The number of unbranched alkanes of at least 4 members (excludes halogenated alkanes) is 1. The summed E-state index contributed by atoms with van der Waals surface area (Å²) < 4.78 is 11.2. The molecule has 9 heteroatoms. The number of nitrogens with zero attached hydrogens (tertiary/aromatic N) is 1. The number of amides is 2. The molecule has 1 fully saturated rings. The van der Waals surface area contributed by atoms with Crippen molar-refractivity contribution in [2.45, 2.75) is 90.4 Å². The summed E-state index contributed by atoms with van der Waals surface area (Å²) in [5.41, 5.74) is -0.464. The first-order valence-corrected chi connectivity index (χ1v) is 12.0. The molecular formula is C24H41N3O6. The topological polar surface area (TPSA) is 117 Å². The predicted molar refractivity (Wildman–Crippen MR) is 125 cm³/mol. The van der Waals surface area contributed by atoms with E-state index in [0.29, 0.717) is 12.5 Å². The van der Waals surface area contributed by atoms with Crippen LogP contribution in [0.5, 0.6) is 0 Å². The number of ether oxygens (including phenoxy) is 2. The molecule has 0 aromatic rings. The van der Waals surface area contributed by atoms with Crippen LogP contribution >= 0.6 is 0 Å². The average molecular weight is 468 g/mol. The molecule has 0 spiro atoms. The van der Waals surface area contributed by atoms with Crippen molar-refractivity contribution >= 4 is 18.0 Å². The molecule has 0 aromatic heterocycles. The summed E-state index contributed by atoms with van der Waals surface area (Å²) in [4.78, 5) is 38.7. The second-order valence-electron chi connectivity index (χ2n) is 10.1. The number of aliphatic carboxylic acids is 1. The van der Waals surface area contributed by atoms with E-state index in [9.17, 15) is 19.5 Å². The van der Waals surface area contributed by atoms with Crippen molar-refractivity contribution in [2.24, 2.45) is 5.92 Å². The van der Waals surface area contributed by atoms with Gasteiger partial charge in [0.2, 0.25) is 5.91 Å². The first-order valence-electron chi connectivity index (χ1n) is 12.0. The van der Waals surface area contributed by atoms with Gasteiger partial charge in [-0.25, -0.2) is 9.59 Å². The van der Waals surface area contributed by atoms with Crippen molar-refractivity contribution in [3.8, 4) is 0 Å². The van der Waals surface area contributed by atoms with Crippen molar-refractivity contribution in [1.82, 2.24) is 15.5 Å². The summed E-state index contributed by atoms with van der Waals surface area (Å²) >= 11 is 0. The van der Waals surface area contributed by atoms with E-state index >= 15 is 0 Å². The molecule has 1 aliphatic heterocycles. The highest BCUT2D eigenvalue weighted by molar-refractivity contribution is 5.87. The van der Waals surface area contributed by atoms with Crippen LogP contribution in [0.15, 0.2) is 11.6 Å². The Morgan fingerprint density at radius 3 is 2.58 bits per heavy atom. The summed E-state index contributed by atoms with van der Waals surface area (Å²) in [6.07, 6.45) is 5.34. The van der Waals surface area contributed by atoms with Crippen LogP contribution in [0.25, 0.3) is 0 Å². The fourth-order valence-corrected chi connectivity index (χ4v) is 4.49. The van der Waals surface area contributed by atoms with Crippen molar-refractivity contribution in [2.75, 3.05) is 26.3 Å². The third-order valence-corrected chi connectivity index (χ3v) is 5.93. The van der Waals surface area contributed by atoms with Gasteiger partial charge < -0.3 is 25.2 Å². The molecule has 1 aliphatic carbocycles. The van der Waals surface area contributed by atoms with Gasteiger partial charge in [-0.2, -0.15) is 0 Å². The smallest absolute Gasteiger partial charge is 0.407 e. The van der Waals surface area contributed by atoms with Gasteiger partial charge in [0, 0.05) is 32.1 Å². The van der Waals surface area contributed by atoms with Gasteiger partial charge >= 0.3 is 12.1 Å². The van der Waals surface area contributed by atoms with Crippen LogP contribution in [0.2, 0.25) is 0 Å². The second kappa shape index (κ2) is 12.4. The minimum atomic E-state index is -1.02. The lowest BCUT2D eigenvalue weighted by Crippen LogP contribution is -2.64. The highest BCUT2D eigenvalue weighted by Gasteiger charge is 2.41. The molecule has 3 N–H and O–H groups in total. The van der Waals surface area contributed by atoms with Crippen LogP contribution in [-0.4, -0.2) is 78.0 Å². The van der Waals surface area contributed by atoms with E-state index in [1.807, 2.05) is 0 Å². The van der Waals surface area contributed by atoms with E-state index in [-0.39, 0.29) is 23.9 Å². The summed E-state index contributed by atoms with van der Waals surface area (Å²) in [5.74, 6) is -0.909. The number of piperidine rings is 1. The standard InChI is InChI=1S/C24H41N3O6/c1-6-7-11-32-15-17-9-8-10-27(14-17)20-13-18(22(29)30)12-19(21(20)25-16(2)28)26-23(31)33-24(3,4)5/h13,17,19-21H,6-12,14-15H2,1-5H3,(H,25,28)(H,26,31)(H,29,30)/t17-,19-,20+,21-/m0/s1. The number of carboxylic acids is 1.